The van der Waals surface area contributed by atoms with Crippen molar-refractivity contribution >= 4 is 0 Å². The first-order valence-electron chi connectivity index (χ1n) is 1.39. The van der Waals surface area contributed by atoms with Crippen molar-refractivity contribution in [2.45, 2.75) is 0 Å². The second-order valence-electron chi connectivity index (χ2n) is 0.567. The van der Waals surface area contributed by atoms with Crippen molar-refractivity contribution in [2.75, 3.05) is 0 Å². The molecule has 9 nitrogen and oxygen atoms in total. The Kier molecular flexibility index (Phi) is 51.7. The molecular weight excluding hydrogens is 329 g/mol. The van der Waals surface area contributed by atoms with E-state index in [2.05, 4.69) is 0 Å². The predicted molar refractivity (Wildman–Crippen MR) is 0 cm³/mol. The number of hydrogen-bond donors (Lipinski definition) is 0. The topological polar surface area (TPSA) is 208 Å². The van der Waals surface area contributed by atoms with Crippen molar-refractivity contribution < 1.29 is 121 Å². The zero-order valence-corrected chi connectivity index (χ0v) is 11.5. The van der Waals surface area contributed by atoms with E-state index in [0.29, 0.717) is 0 Å². The predicted octanol–water partition coefficient (Wildman–Crippen LogP) is -13.7. The van der Waals surface area contributed by atoms with Crippen LogP contribution in [0.5, 0.6) is 0 Å². The average molecular weight is 329 g/mol. The fourth-order valence-electron chi connectivity index (χ4n) is 0. The first kappa shape index (κ1) is 29.8. The van der Waals surface area contributed by atoms with Gasteiger partial charge in [0.1, 0.15) is 0 Å². The maximum atomic E-state index is 8.41. The molecule has 0 aliphatic heterocycles. The Morgan fingerprint density at radius 2 is 0.429 bits per heavy atom. The third-order valence-corrected chi connectivity index (χ3v) is 0. The minimum atomic E-state index is -2.85. The van der Waals surface area contributed by atoms with Gasteiger partial charge >= 0.3 is 46.6 Å². The van der Waals surface area contributed by atoms with Crippen LogP contribution in [0.25, 0.3) is 0 Å². The first-order valence-corrected chi connectivity index (χ1v) is 4.17. The summed E-state index contributed by atoms with van der Waals surface area (Å²) in [7, 11) is -8.56. The third-order valence-electron chi connectivity index (χ3n) is 0. The van der Waals surface area contributed by atoms with E-state index in [1.165, 1.54) is 0 Å². The smallest absolute Gasteiger partial charge is 0.357 e. The molecule has 0 radical (unpaired) electrons. The van der Waals surface area contributed by atoms with E-state index in [-0.39, 0.29) is 46.6 Å². The fraction of sp³-hybridized carbons (Fsp3) is 0. The molecule has 0 atom stereocenters. The maximum Gasteiger partial charge on any atom is 2.00 e. The molecule has 0 aromatic rings. The molecule has 14 heteroatoms. The Bertz CT molecular complexity index is 48.5. The van der Waals surface area contributed by atoms with Crippen LogP contribution in [0.3, 0.4) is 0 Å². The summed E-state index contributed by atoms with van der Waals surface area (Å²) in [4.78, 5) is 0. The molecule has 0 aliphatic carbocycles. The number of hydrogen-bond acceptors (Lipinski definition) is 9. The molecule has 0 fully saturated rings. The Morgan fingerprint density at radius 1 is 0.429 bits per heavy atom. The summed E-state index contributed by atoms with van der Waals surface area (Å²) in [5.41, 5.74) is 0. The van der Waals surface area contributed by atoms with Crippen LogP contribution < -0.4 is 71.5 Å². The summed E-state index contributed by atoms with van der Waals surface area (Å²) in [6, 6.07) is 0. The largest absolute Gasteiger partial charge is 2.00 e. The van der Waals surface area contributed by atoms with E-state index < -0.39 is 32.4 Å². The van der Waals surface area contributed by atoms with Crippen LogP contribution in [0.1, 0.15) is 0 Å². The molecule has 0 saturated heterocycles. The van der Waals surface area contributed by atoms with E-state index in [1.54, 1.807) is 0 Å². The first-order chi connectivity index (χ1) is 5.20. The summed E-state index contributed by atoms with van der Waals surface area (Å²) in [5.74, 6) is 0. The molecule has 0 aromatic heterocycles. The molecular formula is Cl3FeNaO9. The Labute approximate surface area is 120 Å². The molecule has 0 rings (SSSR count). The van der Waals surface area contributed by atoms with E-state index in [0.717, 1.165) is 0 Å². The van der Waals surface area contributed by atoms with Crippen LogP contribution in [0.4, 0.5) is 0 Å². The summed E-state index contributed by atoms with van der Waals surface area (Å²) < 4.78 is 75.7. The third kappa shape index (κ3) is 578. The van der Waals surface area contributed by atoms with Gasteiger partial charge in [-0.25, -0.2) is 0 Å². The summed E-state index contributed by atoms with van der Waals surface area (Å²) in [6.07, 6.45) is 0. The molecule has 0 aliphatic rings. The van der Waals surface area contributed by atoms with Gasteiger partial charge in [0.2, 0.25) is 0 Å². The molecule has 0 unspecified atom stereocenters. The molecule has 0 bridgehead atoms. The summed E-state index contributed by atoms with van der Waals surface area (Å²) >= 11 is 0. The van der Waals surface area contributed by atoms with E-state index in [4.69, 9.17) is 41.9 Å². The van der Waals surface area contributed by atoms with Gasteiger partial charge in [0.05, 0.1) is 32.4 Å². The van der Waals surface area contributed by atoms with Gasteiger partial charge in [0, 0.05) is 0 Å². The molecule has 0 aromatic carbocycles. The second-order valence-corrected chi connectivity index (χ2v) is 1.70. The van der Waals surface area contributed by atoms with Crippen molar-refractivity contribution in [3.8, 4) is 0 Å². The van der Waals surface area contributed by atoms with Gasteiger partial charge in [0.15, 0.2) is 0 Å². The van der Waals surface area contributed by atoms with Crippen LogP contribution in [-0.2, 0) is 17.1 Å². The molecule has 84 valence electrons. The summed E-state index contributed by atoms with van der Waals surface area (Å²) in [6.45, 7) is 0. The molecule has 14 heavy (non-hydrogen) atoms. The minimum Gasteiger partial charge on any atom is -0.357 e. The van der Waals surface area contributed by atoms with Crippen LogP contribution in [0, 0.1) is 32.4 Å². The van der Waals surface area contributed by atoms with Crippen LogP contribution in [-0.4, -0.2) is 0 Å². The van der Waals surface area contributed by atoms with Crippen LogP contribution in [0.2, 0.25) is 0 Å². The average Bonchev–Trinajstić information content (AvgIpc) is 1.54. The summed E-state index contributed by atoms with van der Waals surface area (Å²) in [5, 5.41) is 0. The van der Waals surface area contributed by atoms with E-state index >= 15 is 0 Å². The molecule has 0 spiro atoms. The van der Waals surface area contributed by atoms with Gasteiger partial charge in [-0.1, -0.05) is 0 Å². The van der Waals surface area contributed by atoms with Gasteiger partial charge in [-0.2, -0.15) is 0 Å². The Morgan fingerprint density at radius 3 is 0.429 bits per heavy atom. The van der Waals surface area contributed by atoms with Crippen LogP contribution >= 0.6 is 0 Å². The Hall–Kier alpha value is 2.03. The van der Waals surface area contributed by atoms with Gasteiger partial charge in [-0.05, 0) is 0 Å². The van der Waals surface area contributed by atoms with Crippen LogP contribution in [0.15, 0.2) is 0 Å². The fourth-order valence-corrected chi connectivity index (χ4v) is 0. The molecule has 0 saturated carbocycles. The SMILES string of the molecule is [Fe+2].[Na+].[O-][Cl+2]([O-])[O-].[O-][Cl+2]([O-])[O-].[O-][Cl+2]([O-])[O-]. The quantitative estimate of drug-likeness (QED) is 0.386. The van der Waals surface area contributed by atoms with E-state index in [1.807, 2.05) is 0 Å². The van der Waals surface area contributed by atoms with Gasteiger partial charge in [-0.3, -0.25) is 0 Å². The van der Waals surface area contributed by atoms with E-state index in [9.17, 15) is 0 Å². The maximum absolute atomic E-state index is 8.41. The number of halogens is 3. The molecule has 0 heterocycles. The van der Waals surface area contributed by atoms with Crippen molar-refractivity contribution in [3.63, 3.8) is 0 Å². The standard InChI is InChI=1S/3ClO3.Fe.Na/c3*2-1(3)4;;/q3*-1;+2;+1. The monoisotopic (exact) mass is 328 g/mol. The van der Waals surface area contributed by atoms with Gasteiger partial charge in [-0.15, -0.1) is 0 Å². The minimum absolute atomic E-state index is 0. The zero-order valence-electron chi connectivity index (χ0n) is 6.16. The molecule has 0 amide bonds. The number of rotatable bonds is 0. The van der Waals surface area contributed by atoms with Crippen molar-refractivity contribution in [3.05, 3.63) is 0 Å². The van der Waals surface area contributed by atoms with Crippen molar-refractivity contribution in [1.82, 2.24) is 0 Å². The van der Waals surface area contributed by atoms with Crippen molar-refractivity contribution in [1.29, 1.82) is 0 Å². The van der Waals surface area contributed by atoms with Gasteiger partial charge < -0.3 is 41.9 Å². The molecule has 0 N–H and O–H groups in total. The second kappa shape index (κ2) is 24.3. The Balaban J connectivity index is -0.0000000270. The zero-order chi connectivity index (χ0) is 10.7. The van der Waals surface area contributed by atoms with Gasteiger partial charge in [0.25, 0.3) is 0 Å². The normalized spacial score (nSPS) is 7.71. The van der Waals surface area contributed by atoms with Crippen molar-refractivity contribution in [2.24, 2.45) is 0 Å².